The SMILES string of the molecule is Cc1c(C)c(N=C=O)c(C)c(N=C=O)c1C. The van der Waals surface area contributed by atoms with Crippen LogP contribution in [0.1, 0.15) is 22.3 Å². The smallest absolute Gasteiger partial charge is 0.211 e. The van der Waals surface area contributed by atoms with Crippen molar-refractivity contribution >= 4 is 23.5 Å². The maximum absolute atomic E-state index is 10.3. The van der Waals surface area contributed by atoms with Gasteiger partial charge in [-0.25, -0.2) is 9.59 Å². The number of hydrogen-bond donors (Lipinski definition) is 0. The first-order chi connectivity index (χ1) is 7.54. The summed E-state index contributed by atoms with van der Waals surface area (Å²) < 4.78 is 0. The summed E-state index contributed by atoms with van der Waals surface area (Å²) in [5.74, 6) is 0. The minimum atomic E-state index is 0.534. The summed E-state index contributed by atoms with van der Waals surface area (Å²) in [5, 5.41) is 0. The summed E-state index contributed by atoms with van der Waals surface area (Å²) in [4.78, 5) is 28.0. The maximum atomic E-state index is 10.3. The van der Waals surface area contributed by atoms with Gasteiger partial charge in [0.15, 0.2) is 0 Å². The molecule has 82 valence electrons. The van der Waals surface area contributed by atoms with Gasteiger partial charge in [0.05, 0.1) is 11.4 Å². The molecule has 16 heavy (non-hydrogen) atoms. The maximum Gasteiger partial charge on any atom is 0.240 e. The molecule has 4 heteroatoms. The first-order valence-electron chi connectivity index (χ1n) is 4.80. The Bertz CT molecular complexity index is 489. The number of isocyanates is 2. The summed E-state index contributed by atoms with van der Waals surface area (Å²) in [5.41, 5.74) is 4.55. The molecule has 0 aromatic heterocycles. The topological polar surface area (TPSA) is 58.9 Å². The number of carbonyl (C=O) groups excluding carboxylic acids is 2. The fraction of sp³-hybridized carbons (Fsp3) is 0.333. The van der Waals surface area contributed by atoms with E-state index in [1.54, 1.807) is 6.92 Å². The molecule has 0 saturated carbocycles. The average Bonchev–Trinajstić information content (AvgIpc) is 2.28. The Morgan fingerprint density at radius 2 is 1.06 bits per heavy atom. The lowest BCUT2D eigenvalue weighted by molar-refractivity contribution is 0.564. The van der Waals surface area contributed by atoms with E-state index in [1.807, 2.05) is 20.8 Å². The minimum absolute atomic E-state index is 0.534. The lowest BCUT2D eigenvalue weighted by Gasteiger charge is -2.13. The largest absolute Gasteiger partial charge is 0.240 e. The average molecular weight is 216 g/mol. The predicted molar refractivity (Wildman–Crippen MR) is 61.0 cm³/mol. The summed E-state index contributed by atoms with van der Waals surface area (Å²) in [6.07, 6.45) is 3.03. The van der Waals surface area contributed by atoms with Crippen LogP contribution in [-0.2, 0) is 9.59 Å². The van der Waals surface area contributed by atoms with Crippen LogP contribution >= 0.6 is 0 Å². The van der Waals surface area contributed by atoms with Gasteiger partial charge in [-0.1, -0.05) is 0 Å². The second-order valence-corrected chi connectivity index (χ2v) is 3.60. The standard InChI is InChI=1S/C12H12N2O2/c1-7-8(2)11(13-5-15)10(4)12(9(7)3)14-6-16/h1-4H3. The van der Waals surface area contributed by atoms with Crippen LogP contribution in [0.15, 0.2) is 9.98 Å². The van der Waals surface area contributed by atoms with Gasteiger partial charge in [-0.05, 0) is 44.4 Å². The molecule has 0 fully saturated rings. The van der Waals surface area contributed by atoms with Gasteiger partial charge in [-0.15, -0.1) is 0 Å². The molecular weight excluding hydrogens is 204 g/mol. The molecule has 0 aliphatic rings. The third-order valence-corrected chi connectivity index (χ3v) is 2.86. The van der Waals surface area contributed by atoms with Crippen molar-refractivity contribution in [1.82, 2.24) is 0 Å². The van der Waals surface area contributed by atoms with Crippen LogP contribution in [0.3, 0.4) is 0 Å². The second-order valence-electron chi connectivity index (χ2n) is 3.60. The number of benzene rings is 1. The van der Waals surface area contributed by atoms with Crippen molar-refractivity contribution in [1.29, 1.82) is 0 Å². The van der Waals surface area contributed by atoms with Crippen LogP contribution in [0.4, 0.5) is 11.4 Å². The zero-order valence-corrected chi connectivity index (χ0v) is 9.71. The van der Waals surface area contributed by atoms with Crippen LogP contribution in [0.2, 0.25) is 0 Å². The lowest BCUT2D eigenvalue weighted by atomic mass is 9.96. The highest BCUT2D eigenvalue weighted by molar-refractivity contribution is 5.73. The normalized spacial score (nSPS) is 9.25. The van der Waals surface area contributed by atoms with Gasteiger partial charge in [0, 0.05) is 5.56 Å². The summed E-state index contributed by atoms with van der Waals surface area (Å²) in [7, 11) is 0. The van der Waals surface area contributed by atoms with Crippen LogP contribution in [0.25, 0.3) is 0 Å². The minimum Gasteiger partial charge on any atom is -0.211 e. The van der Waals surface area contributed by atoms with Crippen molar-refractivity contribution in [3.05, 3.63) is 22.3 Å². The van der Waals surface area contributed by atoms with E-state index in [0.29, 0.717) is 16.9 Å². The Labute approximate surface area is 93.7 Å². The first-order valence-corrected chi connectivity index (χ1v) is 4.80. The third kappa shape index (κ3) is 1.84. The van der Waals surface area contributed by atoms with Crippen LogP contribution in [-0.4, -0.2) is 12.2 Å². The third-order valence-electron chi connectivity index (χ3n) is 2.86. The Kier molecular flexibility index (Phi) is 3.51. The Hall–Kier alpha value is -2.02. The van der Waals surface area contributed by atoms with E-state index in [2.05, 4.69) is 9.98 Å². The molecule has 1 aromatic rings. The van der Waals surface area contributed by atoms with Crippen molar-refractivity contribution < 1.29 is 9.59 Å². The Balaban J connectivity index is 3.78. The molecule has 0 heterocycles. The van der Waals surface area contributed by atoms with Crippen molar-refractivity contribution in [3.8, 4) is 0 Å². The van der Waals surface area contributed by atoms with E-state index in [9.17, 15) is 9.59 Å². The molecule has 0 unspecified atom stereocenters. The van der Waals surface area contributed by atoms with Gasteiger partial charge < -0.3 is 0 Å². The van der Waals surface area contributed by atoms with Crippen molar-refractivity contribution in [2.45, 2.75) is 27.7 Å². The van der Waals surface area contributed by atoms with Crippen molar-refractivity contribution in [3.63, 3.8) is 0 Å². The van der Waals surface area contributed by atoms with E-state index >= 15 is 0 Å². The van der Waals surface area contributed by atoms with E-state index < -0.39 is 0 Å². The van der Waals surface area contributed by atoms with Crippen LogP contribution < -0.4 is 0 Å². The molecule has 1 aromatic carbocycles. The molecule has 0 aliphatic carbocycles. The summed E-state index contributed by atoms with van der Waals surface area (Å²) >= 11 is 0. The molecule has 0 atom stereocenters. The quantitative estimate of drug-likeness (QED) is 0.563. The Morgan fingerprint density at radius 3 is 1.38 bits per heavy atom. The number of rotatable bonds is 2. The van der Waals surface area contributed by atoms with E-state index in [4.69, 9.17) is 0 Å². The van der Waals surface area contributed by atoms with Gasteiger partial charge in [0.25, 0.3) is 0 Å². The second kappa shape index (κ2) is 4.67. The molecule has 0 bridgehead atoms. The Morgan fingerprint density at radius 1 is 0.688 bits per heavy atom. The van der Waals surface area contributed by atoms with E-state index in [1.165, 1.54) is 12.2 Å². The van der Waals surface area contributed by atoms with Gasteiger partial charge in [0.2, 0.25) is 12.2 Å². The van der Waals surface area contributed by atoms with Crippen molar-refractivity contribution in [2.75, 3.05) is 0 Å². The predicted octanol–water partition coefficient (Wildman–Crippen LogP) is 2.85. The first kappa shape index (κ1) is 12.1. The highest BCUT2D eigenvalue weighted by atomic mass is 16.1. The fourth-order valence-electron chi connectivity index (χ4n) is 1.74. The number of hydrogen-bond acceptors (Lipinski definition) is 4. The summed E-state index contributed by atoms with van der Waals surface area (Å²) in [6.45, 7) is 7.42. The molecular formula is C12H12N2O2. The highest BCUT2D eigenvalue weighted by Gasteiger charge is 2.13. The van der Waals surface area contributed by atoms with E-state index in [0.717, 1.165) is 16.7 Å². The number of nitrogens with zero attached hydrogens (tertiary/aromatic N) is 2. The zero-order valence-electron chi connectivity index (χ0n) is 9.71. The molecule has 0 spiro atoms. The molecule has 4 nitrogen and oxygen atoms in total. The van der Waals surface area contributed by atoms with Gasteiger partial charge >= 0.3 is 0 Å². The van der Waals surface area contributed by atoms with E-state index in [-0.39, 0.29) is 0 Å². The van der Waals surface area contributed by atoms with Crippen LogP contribution in [0.5, 0.6) is 0 Å². The molecule has 0 amide bonds. The van der Waals surface area contributed by atoms with Crippen LogP contribution in [0, 0.1) is 27.7 Å². The fourth-order valence-corrected chi connectivity index (χ4v) is 1.74. The highest BCUT2D eigenvalue weighted by Crippen LogP contribution is 2.37. The molecule has 0 N–H and O–H groups in total. The molecule has 0 radical (unpaired) electrons. The van der Waals surface area contributed by atoms with Gasteiger partial charge in [0.1, 0.15) is 0 Å². The molecule has 1 rings (SSSR count). The lowest BCUT2D eigenvalue weighted by Crippen LogP contribution is -1.92. The molecule has 0 aliphatic heterocycles. The van der Waals surface area contributed by atoms with Crippen molar-refractivity contribution in [2.24, 2.45) is 9.98 Å². The number of aliphatic imine (C=N–C) groups is 2. The van der Waals surface area contributed by atoms with Gasteiger partial charge in [-0.3, -0.25) is 0 Å². The monoisotopic (exact) mass is 216 g/mol. The zero-order chi connectivity index (χ0) is 12.3. The van der Waals surface area contributed by atoms with Gasteiger partial charge in [-0.2, -0.15) is 9.98 Å². The summed E-state index contributed by atoms with van der Waals surface area (Å²) in [6, 6.07) is 0. The molecule has 0 saturated heterocycles.